The van der Waals surface area contributed by atoms with Crippen LogP contribution >= 0.6 is 0 Å². The Balaban J connectivity index is 1.31. The molecule has 3 aliphatic rings. The lowest BCUT2D eigenvalue weighted by Crippen LogP contribution is -2.67. The molecule has 2 saturated heterocycles. The third-order valence-corrected chi connectivity index (χ3v) is 7.77. The monoisotopic (exact) mass is 572 g/mol. The Bertz CT molecular complexity index is 1360. The summed E-state index contributed by atoms with van der Waals surface area (Å²) in [6, 6.07) is 25.5. The number of carbonyl (C=O) groups is 3. The van der Waals surface area contributed by atoms with Gasteiger partial charge in [0.2, 0.25) is 0 Å². The van der Waals surface area contributed by atoms with Gasteiger partial charge in [0, 0.05) is 0 Å². The first-order chi connectivity index (χ1) is 20.6. The summed E-state index contributed by atoms with van der Waals surface area (Å²) < 4.78 is 36.8. The smallest absolute Gasteiger partial charge is 0.338 e. The molecule has 42 heavy (non-hydrogen) atoms. The Morgan fingerprint density at radius 2 is 1.07 bits per heavy atom. The first kappa shape index (κ1) is 28.1. The summed E-state index contributed by atoms with van der Waals surface area (Å²) >= 11 is 0. The van der Waals surface area contributed by atoms with E-state index in [-0.39, 0.29) is 18.8 Å². The number of hydrogen-bond acceptors (Lipinski definition) is 9. The largest absolute Gasteiger partial charge is 0.459 e. The van der Waals surface area contributed by atoms with E-state index in [1.165, 1.54) is 0 Å². The highest BCUT2D eigenvalue weighted by molar-refractivity contribution is 5.91. The van der Waals surface area contributed by atoms with Gasteiger partial charge in [0.15, 0.2) is 18.5 Å². The van der Waals surface area contributed by atoms with Gasteiger partial charge in [-0.15, -0.1) is 0 Å². The van der Waals surface area contributed by atoms with Crippen LogP contribution in [-0.2, 0) is 28.4 Å². The summed E-state index contributed by atoms with van der Waals surface area (Å²) in [5, 5.41) is 0. The molecule has 0 N–H and O–H groups in total. The molecule has 2 aliphatic heterocycles. The predicted octanol–water partition coefficient (Wildman–Crippen LogP) is 4.75. The predicted molar refractivity (Wildman–Crippen MR) is 149 cm³/mol. The average molecular weight is 573 g/mol. The molecular formula is C33H32O9. The number of fused-ring (bicyclic) bond motifs is 2. The van der Waals surface area contributed by atoms with Crippen molar-refractivity contribution in [3.8, 4) is 0 Å². The van der Waals surface area contributed by atoms with Crippen molar-refractivity contribution in [1.29, 1.82) is 0 Å². The Morgan fingerprint density at radius 1 is 0.595 bits per heavy atom. The number of ether oxygens (including phenoxy) is 6. The van der Waals surface area contributed by atoms with Gasteiger partial charge in [-0.25, -0.2) is 14.4 Å². The first-order valence-corrected chi connectivity index (χ1v) is 14.3. The fourth-order valence-corrected chi connectivity index (χ4v) is 5.64. The number of benzene rings is 3. The van der Waals surface area contributed by atoms with E-state index in [1.807, 2.05) is 0 Å². The molecule has 7 atom stereocenters. The second-order valence-corrected chi connectivity index (χ2v) is 10.6. The Hall–Kier alpha value is -4.05. The topological polar surface area (TPSA) is 107 Å². The van der Waals surface area contributed by atoms with Crippen LogP contribution in [0.5, 0.6) is 0 Å². The van der Waals surface area contributed by atoms with Gasteiger partial charge in [-0.1, -0.05) is 67.4 Å². The van der Waals surface area contributed by atoms with Crippen molar-refractivity contribution < 1.29 is 42.8 Å². The van der Waals surface area contributed by atoms with Crippen LogP contribution in [0.15, 0.2) is 91.0 Å². The van der Waals surface area contributed by atoms with E-state index < -0.39 is 48.6 Å². The maximum Gasteiger partial charge on any atom is 0.338 e. The van der Waals surface area contributed by atoms with Gasteiger partial charge in [0.1, 0.15) is 18.8 Å². The lowest BCUT2D eigenvalue weighted by molar-refractivity contribution is -0.368. The highest BCUT2D eigenvalue weighted by atomic mass is 16.8. The van der Waals surface area contributed by atoms with E-state index in [9.17, 15) is 14.4 Å². The van der Waals surface area contributed by atoms with Crippen molar-refractivity contribution in [2.75, 3.05) is 6.61 Å². The van der Waals surface area contributed by atoms with Crippen LogP contribution in [0.4, 0.5) is 0 Å². The minimum atomic E-state index is -1.17. The zero-order valence-electron chi connectivity index (χ0n) is 22.9. The number of carbonyl (C=O) groups excluding carboxylic acids is 3. The zero-order chi connectivity index (χ0) is 28.9. The summed E-state index contributed by atoms with van der Waals surface area (Å²) in [5.74, 6) is -1.83. The van der Waals surface area contributed by atoms with Gasteiger partial charge in [-0.2, -0.15) is 0 Å². The van der Waals surface area contributed by atoms with Crippen LogP contribution < -0.4 is 0 Å². The van der Waals surface area contributed by atoms with Crippen LogP contribution in [0, 0.1) is 0 Å². The summed E-state index contributed by atoms with van der Waals surface area (Å²) in [6.07, 6.45) is -1.87. The Morgan fingerprint density at radius 3 is 1.62 bits per heavy atom. The molecule has 218 valence electrons. The number of esters is 3. The van der Waals surface area contributed by atoms with Crippen LogP contribution in [-0.4, -0.2) is 67.4 Å². The van der Waals surface area contributed by atoms with Crippen molar-refractivity contribution in [2.45, 2.75) is 68.6 Å². The standard InChI is InChI=1S/C33H32O9/c34-30(21-12-4-1-5-13-21)37-20-26-27(41-31(35)22-14-6-2-7-15-22)28(42-32(36)23-16-8-3-9-17-23)29-33(40-26)39-25-19-11-10-18-24(25)38-29/h1-9,12-17,24-29,33H,10-11,18-20H2/t24-,25+,26-,27-,28+,29+,33-/m1/s1. The van der Waals surface area contributed by atoms with E-state index in [4.69, 9.17) is 28.4 Å². The molecule has 3 aromatic carbocycles. The lowest BCUT2D eigenvalue weighted by atomic mass is 9.91. The third kappa shape index (κ3) is 6.23. The number of hydrogen-bond donors (Lipinski definition) is 0. The molecule has 6 rings (SSSR count). The average Bonchev–Trinajstić information content (AvgIpc) is 3.05. The summed E-state index contributed by atoms with van der Waals surface area (Å²) in [5.41, 5.74) is 0.993. The molecule has 1 saturated carbocycles. The lowest BCUT2D eigenvalue weighted by Gasteiger charge is -2.51. The fourth-order valence-electron chi connectivity index (χ4n) is 5.64. The molecule has 9 nitrogen and oxygen atoms in total. The summed E-state index contributed by atoms with van der Waals surface area (Å²) in [4.78, 5) is 39.5. The normalized spacial score (nSPS) is 28.4. The molecule has 0 bridgehead atoms. The van der Waals surface area contributed by atoms with Gasteiger partial charge in [0.25, 0.3) is 0 Å². The van der Waals surface area contributed by atoms with Gasteiger partial charge in [-0.3, -0.25) is 0 Å². The van der Waals surface area contributed by atoms with Crippen LogP contribution in [0.3, 0.4) is 0 Å². The van der Waals surface area contributed by atoms with Gasteiger partial charge in [0.05, 0.1) is 28.9 Å². The van der Waals surface area contributed by atoms with E-state index in [2.05, 4.69) is 0 Å². The van der Waals surface area contributed by atoms with E-state index in [0.29, 0.717) is 16.7 Å². The van der Waals surface area contributed by atoms with Gasteiger partial charge in [-0.05, 0) is 49.2 Å². The van der Waals surface area contributed by atoms with E-state index >= 15 is 0 Å². The molecule has 2 heterocycles. The van der Waals surface area contributed by atoms with Gasteiger partial charge >= 0.3 is 17.9 Å². The Labute approximate surface area is 243 Å². The summed E-state index contributed by atoms with van der Waals surface area (Å²) in [6.45, 7) is -0.277. The summed E-state index contributed by atoms with van der Waals surface area (Å²) in [7, 11) is 0. The van der Waals surface area contributed by atoms with Crippen molar-refractivity contribution >= 4 is 17.9 Å². The quantitative estimate of drug-likeness (QED) is 0.293. The minimum Gasteiger partial charge on any atom is -0.459 e. The zero-order valence-corrected chi connectivity index (χ0v) is 22.9. The van der Waals surface area contributed by atoms with Crippen molar-refractivity contribution in [3.63, 3.8) is 0 Å². The molecular weight excluding hydrogens is 540 g/mol. The van der Waals surface area contributed by atoms with E-state index in [1.54, 1.807) is 91.0 Å². The highest BCUT2D eigenvalue weighted by Gasteiger charge is 2.56. The van der Waals surface area contributed by atoms with Crippen molar-refractivity contribution in [1.82, 2.24) is 0 Å². The molecule has 3 fully saturated rings. The van der Waals surface area contributed by atoms with Crippen molar-refractivity contribution in [2.24, 2.45) is 0 Å². The van der Waals surface area contributed by atoms with E-state index in [0.717, 1.165) is 25.7 Å². The Kier molecular flexibility index (Phi) is 8.60. The molecule has 0 amide bonds. The third-order valence-electron chi connectivity index (χ3n) is 7.77. The van der Waals surface area contributed by atoms with Gasteiger partial charge < -0.3 is 28.4 Å². The molecule has 3 aromatic rings. The molecule has 0 radical (unpaired) electrons. The molecule has 0 aromatic heterocycles. The van der Waals surface area contributed by atoms with Crippen LogP contribution in [0.25, 0.3) is 0 Å². The molecule has 0 unspecified atom stereocenters. The molecule has 1 aliphatic carbocycles. The fraction of sp³-hybridized carbons (Fsp3) is 0.364. The van der Waals surface area contributed by atoms with Crippen LogP contribution in [0.1, 0.15) is 56.8 Å². The minimum absolute atomic E-state index is 0.179. The maximum atomic E-state index is 13.3. The highest BCUT2D eigenvalue weighted by Crippen LogP contribution is 2.39. The van der Waals surface area contributed by atoms with Crippen molar-refractivity contribution in [3.05, 3.63) is 108 Å². The second-order valence-electron chi connectivity index (χ2n) is 10.6. The maximum absolute atomic E-state index is 13.3. The molecule has 0 spiro atoms. The van der Waals surface area contributed by atoms with Crippen LogP contribution in [0.2, 0.25) is 0 Å². The second kappa shape index (κ2) is 12.9. The first-order valence-electron chi connectivity index (χ1n) is 14.3. The number of rotatable bonds is 7. The SMILES string of the molecule is O=C(OC[C@H]1O[C@H]2O[C@H]3CCCC[C@H]3O[C@H]2[C@@H](OC(=O)c2ccccc2)[C@@H]1OC(=O)c1ccccc1)c1ccccc1. The molecule has 9 heteroatoms.